The highest BCUT2D eigenvalue weighted by molar-refractivity contribution is 5.89. The van der Waals surface area contributed by atoms with E-state index in [1.807, 2.05) is 0 Å². The summed E-state index contributed by atoms with van der Waals surface area (Å²) in [6, 6.07) is -0.795. The van der Waals surface area contributed by atoms with Crippen LogP contribution in [0.2, 0.25) is 0 Å². The van der Waals surface area contributed by atoms with Crippen molar-refractivity contribution in [1.82, 2.24) is 4.90 Å². The van der Waals surface area contributed by atoms with E-state index in [9.17, 15) is 14.7 Å². The first-order chi connectivity index (χ1) is 7.93. The summed E-state index contributed by atoms with van der Waals surface area (Å²) in [7, 11) is 1.46. The SMILES string of the molecule is COCC(N)C(=O)N1CCCCC1(C)C(=O)O. The lowest BCUT2D eigenvalue weighted by molar-refractivity contribution is -0.162. The average molecular weight is 244 g/mol. The molecule has 1 rings (SSSR count). The molecule has 2 atom stereocenters. The zero-order valence-electron chi connectivity index (χ0n) is 10.3. The van der Waals surface area contributed by atoms with Crippen molar-refractivity contribution in [2.45, 2.75) is 37.8 Å². The van der Waals surface area contributed by atoms with Crippen LogP contribution < -0.4 is 5.73 Å². The number of carboxylic acids is 1. The van der Waals surface area contributed by atoms with E-state index < -0.39 is 17.6 Å². The first-order valence-electron chi connectivity index (χ1n) is 5.73. The van der Waals surface area contributed by atoms with Gasteiger partial charge in [0.25, 0.3) is 0 Å². The Balaban J connectivity index is 2.85. The molecule has 0 spiro atoms. The third kappa shape index (κ3) is 2.76. The predicted octanol–water partition coefficient (Wildman–Crippen LogP) is -0.184. The van der Waals surface area contributed by atoms with Gasteiger partial charge >= 0.3 is 5.97 Å². The van der Waals surface area contributed by atoms with E-state index in [0.717, 1.165) is 12.8 Å². The smallest absolute Gasteiger partial charge is 0.329 e. The van der Waals surface area contributed by atoms with Gasteiger partial charge in [0, 0.05) is 13.7 Å². The maximum Gasteiger partial charge on any atom is 0.329 e. The third-order valence-electron chi connectivity index (χ3n) is 3.28. The second-order valence-corrected chi connectivity index (χ2v) is 4.59. The van der Waals surface area contributed by atoms with Gasteiger partial charge in [-0.3, -0.25) is 4.79 Å². The molecule has 1 heterocycles. The molecule has 17 heavy (non-hydrogen) atoms. The van der Waals surface area contributed by atoms with Crippen LogP contribution >= 0.6 is 0 Å². The van der Waals surface area contributed by atoms with E-state index in [4.69, 9.17) is 10.5 Å². The number of hydrogen-bond donors (Lipinski definition) is 2. The van der Waals surface area contributed by atoms with Crippen molar-refractivity contribution in [2.24, 2.45) is 5.73 Å². The lowest BCUT2D eigenvalue weighted by atomic mass is 9.88. The summed E-state index contributed by atoms with van der Waals surface area (Å²) in [5, 5.41) is 9.26. The van der Waals surface area contributed by atoms with Crippen molar-refractivity contribution in [2.75, 3.05) is 20.3 Å². The normalized spacial score (nSPS) is 26.6. The Hall–Kier alpha value is -1.14. The maximum atomic E-state index is 12.1. The number of nitrogens with zero attached hydrogens (tertiary/aromatic N) is 1. The number of rotatable bonds is 4. The van der Waals surface area contributed by atoms with Gasteiger partial charge in [0.05, 0.1) is 6.61 Å². The topological polar surface area (TPSA) is 92.9 Å². The Labute approximate surface area is 101 Å². The molecule has 1 aliphatic rings. The number of carbonyl (C=O) groups excluding carboxylic acids is 1. The van der Waals surface area contributed by atoms with Crippen LogP contribution in [0, 0.1) is 0 Å². The number of carbonyl (C=O) groups is 2. The van der Waals surface area contributed by atoms with Gasteiger partial charge < -0.3 is 20.5 Å². The molecule has 2 unspecified atom stereocenters. The molecule has 0 aromatic rings. The lowest BCUT2D eigenvalue weighted by Gasteiger charge is -2.42. The maximum absolute atomic E-state index is 12.1. The lowest BCUT2D eigenvalue weighted by Crippen LogP contribution is -2.61. The standard InChI is InChI=1S/C11H20N2O4/c1-11(10(15)16)5-3-4-6-13(11)9(14)8(12)7-17-2/h8H,3-7,12H2,1-2H3,(H,15,16). The summed E-state index contributed by atoms with van der Waals surface area (Å²) in [4.78, 5) is 24.7. The van der Waals surface area contributed by atoms with Crippen molar-refractivity contribution in [3.8, 4) is 0 Å². The van der Waals surface area contributed by atoms with Crippen LogP contribution in [0.4, 0.5) is 0 Å². The van der Waals surface area contributed by atoms with Gasteiger partial charge in [0.1, 0.15) is 11.6 Å². The number of piperidine rings is 1. The number of amides is 1. The molecule has 0 bridgehead atoms. The fourth-order valence-electron chi connectivity index (χ4n) is 2.15. The largest absolute Gasteiger partial charge is 0.480 e. The zero-order valence-corrected chi connectivity index (χ0v) is 10.3. The molecule has 6 heteroatoms. The molecule has 0 aromatic carbocycles. The zero-order chi connectivity index (χ0) is 13.1. The van der Waals surface area contributed by atoms with Gasteiger partial charge in [-0.2, -0.15) is 0 Å². The van der Waals surface area contributed by atoms with Gasteiger partial charge in [0.15, 0.2) is 0 Å². The van der Waals surface area contributed by atoms with E-state index in [-0.39, 0.29) is 12.5 Å². The summed E-state index contributed by atoms with van der Waals surface area (Å²) in [6.45, 7) is 2.12. The van der Waals surface area contributed by atoms with Crippen LogP contribution in [-0.4, -0.2) is 53.7 Å². The number of aliphatic carboxylic acids is 1. The molecule has 1 saturated heterocycles. The molecular weight excluding hydrogens is 224 g/mol. The molecule has 98 valence electrons. The minimum atomic E-state index is -1.14. The average Bonchev–Trinajstić information content (AvgIpc) is 2.29. The van der Waals surface area contributed by atoms with E-state index in [0.29, 0.717) is 13.0 Å². The number of methoxy groups -OCH3 is 1. The van der Waals surface area contributed by atoms with Crippen molar-refractivity contribution < 1.29 is 19.4 Å². The first-order valence-corrected chi connectivity index (χ1v) is 5.73. The minimum Gasteiger partial charge on any atom is -0.480 e. The van der Waals surface area contributed by atoms with Crippen LogP contribution in [0.3, 0.4) is 0 Å². The Kier molecular flexibility index (Phi) is 4.47. The molecule has 0 radical (unpaired) electrons. The van der Waals surface area contributed by atoms with E-state index in [2.05, 4.69) is 0 Å². The number of hydrogen-bond acceptors (Lipinski definition) is 4. The van der Waals surface area contributed by atoms with Crippen LogP contribution in [0.25, 0.3) is 0 Å². The van der Waals surface area contributed by atoms with E-state index in [1.165, 1.54) is 12.0 Å². The van der Waals surface area contributed by atoms with Gasteiger partial charge in [-0.25, -0.2) is 4.79 Å². The van der Waals surface area contributed by atoms with Crippen LogP contribution in [0.5, 0.6) is 0 Å². The Morgan fingerprint density at radius 2 is 2.18 bits per heavy atom. The van der Waals surface area contributed by atoms with Gasteiger partial charge in [-0.15, -0.1) is 0 Å². The molecule has 3 N–H and O–H groups in total. The highest BCUT2D eigenvalue weighted by Crippen LogP contribution is 2.28. The van der Waals surface area contributed by atoms with Crippen molar-refractivity contribution in [3.63, 3.8) is 0 Å². The second-order valence-electron chi connectivity index (χ2n) is 4.59. The van der Waals surface area contributed by atoms with E-state index >= 15 is 0 Å². The van der Waals surface area contributed by atoms with Crippen molar-refractivity contribution >= 4 is 11.9 Å². The van der Waals surface area contributed by atoms with Gasteiger partial charge in [-0.1, -0.05) is 0 Å². The van der Waals surface area contributed by atoms with Crippen LogP contribution in [0.1, 0.15) is 26.2 Å². The highest BCUT2D eigenvalue weighted by Gasteiger charge is 2.44. The summed E-state index contributed by atoms with van der Waals surface area (Å²) in [6.07, 6.45) is 2.09. The Morgan fingerprint density at radius 1 is 1.53 bits per heavy atom. The summed E-state index contributed by atoms with van der Waals surface area (Å²) in [5.74, 6) is -1.33. The quantitative estimate of drug-likeness (QED) is 0.715. The first kappa shape index (κ1) is 13.9. The molecule has 6 nitrogen and oxygen atoms in total. The van der Waals surface area contributed by atoms with Gasteiger partial charge in [0.2, 0.25) is 5.91 Å². The molecule has 0 aromatic heterocycles. The molecule has 0 saturated carbocycles. The minimum absolute atomic E-state index is 0.102. The fraction of sp³-hybridized carbons (Fsp3) is 0.818. The molecule has 1 fully saturated rings. The number of ether oxygens (including phenoxy) is 1. The molecule has 1 amide bonds. The molecule has 1 aliphatic heterocycles. The van der Waals surface area contributed by atoms with Crippen LogP contribution in [-0.2, 0) is 14.3 Å². The van der Waals surface area contributed by atoms with Gasteiger partial charge in [-0.05, 0) is 26.2 Å². The van der Waals surface area contributed by atoms with Crippen LogP contribution in [0.15, 0.2) is 0 Å². The number of likely N-dealkylation sites (tertiary alicyclic amines) is 1. The fourth-order valence-corrected chi connectivity index (χ4v) is 2.15. The highest BCUT2D eigenvalue weighted by atomic mass is 16.5. The van der Waals surface area contributed by atoms with E-state index in [1.54, 1.807) is 6.92 Å². The number of nitrogens with two attached hydrogens (primary N) is 1. The Bertz CT molecular complexity index is 308. The van der Waals surface area contributed by atoms with Crippen molar-refractivity contribution in [1.29, 1.82) is 0 Å². The number of carboxylic acid groups (broad SMARTS) is 1. The monoisotopic (exact) mass is 244 g/mol. The molecular formula is C11H20N2O4. The predicted molar refractivity (Wildman–Crippen MR) is 61.5 cm³/mol. The summed E-state index contributed by atoms with van der Waals surface area (Å²) < 4.78 is 4.82. The third-order valence-corrected chi connectivity index (χ3v) is 3.28. The summed E-state index contributed by atoms with van der Waals surface area (Å²) >= 11 is 0. The second kappa shape index (κ2) is 5.46. The Morgan fingerprint density at radius 3 is 2.71 bits per heavy atom. The molecule has 0 aliphatic carbocycles. The summed E-state index contributed by atoms with van der Waals surface area (Å²) in [5.41, 5.74) is 4.53. The van der Waals surface area contributed by atoms with Crippen molar-refractivity contribution in [3.05, 3.63) is 0 Å².